The molecule has 3 aromatic rings. The fraction of sp³-hybridized carbons (Fsp3) is 0. The molecule has 0 aliphatic heterocycles. The topological polar surface area (TPSA) is 74.4 Å². The van der Waals surface area contributed by atoms with Gasteiger partial charge in [-0.2, -0.15) is 5.10 Å². The maximum atomic E-state index is 10.6. The van der Waals surface area contributed by atoms with Crippen molar-refractivity contribution in [2.24, 2.45) is 0 Å². The molecule has 0 aliphatic rings. The number of rotatable bonds is 2. The van der Waals surface area contributed by atoms with Crippen LogP contribution in [0.25, 0.3) is 22.3 Å². The number of nitrogens with zero attached hydrogens (tertiary/aromatic N) is 2. The van der Waals surface area contributed by atoms with E-state index in [1.165, 1.54) is 0 Å². The second-order valence-corrected chi connectivity index (χ2v) is 3.46. The second kappa shape index (κ2) is 3.30. The number of carbonyl (C=O) groups excluding carboxylic acids is 1. The first-order valence-corrected chi connectivity index (χ1v) is 4.81. The Balaban J connectivity index is 2.19. The van der Waals surface area contributed by atoms with Crippen molar-refractivity contribution in [3.05, 3.63) is 36.3 Å². The number of carbonyl (C=O) groups is 1. The van der Waals surface area contributed by atoms with Gasteiger partial charge in [0.15, 0.2) is 6.29 Å². The average Bonchev–Trinajstić information content (AvgIpc) is 2.96. The van der Waals surface area contributed by atoms with Crippen molar-refractivity contribution in [3.8, 4) is 11.3 Å². The maximum absolute atomic E-state index is 10.6. The predicted molar refractivity (Wildman–Crippen MR) is 59.1 cm³/mol. The monoisotopic (exact) mass is 212 g/mol. The van der Waals surface area contributed by atoms with Crippen molar-refractivity contribution >= 4 is 17.3 Å². The first-order valence-electron chi connectivity index (χ1n) is 4.81. The molecule has 5 nitrogen and oxygen atoms in total. The summed E-state index contributed by atoms with van der Waals surface area (Å²) in [5.41, 5.74) is 2.98. The zero-order valence-corrected chi connectivity index (χ0v) is 8.27. The van der Waals surface area contributed by atoms with Crippen LogP contribution in [0.2, 0.25) is 0 Å². The highest BCUT2D eigenvalue weighted by Crippen LogP contribution is 2.19. The molecule has 3 rings (SSSR count). The molecule has 3 aromatic heterocycles. The Hall–Kier alpha value is -2.43. The Labute approximate surface area is 90.5 Å². The van der Waals surface area contributed by atoms with Crippen LogP contribution in [0, 0.1) is 0 Å². The van der Waals surface area contributed by atoms with E-state index in [4.69, 9.17) is 0 Å². The molecular formula is C11H8N4O. The van der Waals surface area contributed by atoms with Gasteiger partial charge in [0.05, 0.1) is 17.6 Å². The molecule has 3 heterocycles. The molecule has 0 amide bonds. The Bertz CT molecular complexity index is 639. The standard InChI is InChI=1S/C11H8N4O/c16-6-9-3-7-1-2-10(15-11(7)14-9)8-4-12-13-5-8/h1-6H,(H,12,13)(H,14,15). The number of nitrogens with one attached hydrogen (secondary N) is 2. The number of aldehydes is 1. The molecule has 5 heteroatoms. The lowest BCUT2D eigenvalue weighted by atomic mass is 10.2. The van der Waals surface area contributed by atoms with E-state index in [9.17, 15) is 4.79 Å². The summed E-state index contributed by atoms with van der Waals surface area (Å²) in [6.45, 7) is 0. The van der Waals surface area contributed by atoms with Crippen molar-refractivity contribution in [2.45, 2.75) is 0 Å². The van der Waals surface area contributed by atoms with Gasteiger partial charge < -0.3 is 4.98 Å². The van der Waals surface area contributed by atoms with Gasteiger partial charge in [0.2, 0.25) is 0 Å². The summed E-state index contributed by atoms with van der Waals surface area (Å²) in [6, 6.07) is 5.60. The van der Waals surface area contributed by atoms with Gasteiger partial charge in [-0.1, -0.05) is 0 Å². The van der Waals surface area contributed by atoms with E-state index in [0.29, 0.717) is 11.3 Å². The summed E-state index contributed by atoms with van der Waals surface area (Å²) >= 11 is 0. The van der Waals surface area contributed by atoms with Gasteiger partial charge >= 0.3 is 0 Å². The Morgan fingerprint density at radius 2 is 2.25 bits per heavy atom. The van der Waals surface area contributed by atoms with E-state index in [0.717, 1.165) is 22.9 Å². The lowest BCUT2D eigenvalue weighted by molar-refractivity contribution is 0.112. The third-order valence-electron chi connectivity index (χ3n) is 2.42. The number of pyridine rings is 1. The van der Waals surface area contributed by atoms with Gasteiger partial charge in [0, 0.05) is 17.1 Å². The minimum atomic E-state index is 0.534. The number of fused-ring (bicyclic) bond motifs is 1. The number of aromatic nitrogens is 4. The molecule has 0 unspecified atom stereocenters. The fourth-order valence-electron chi connectivity index (χ4n) is 1.64. The second-order valence-electron chi connectivity index (χ2n) is 3.46. The fourth-order valence-corrected chi connectivity index (χ4v) is 1.64. The van der Waals surface area contributed by atoms with Crippen molar-refractivity contribution < 1.29 is 4.79 Å². The minimum Gasteiger partial charge on any atom is -0.337 e. The van der Waals surface area contributed by atoms with Crippen molar-refractivity contribution in [2.75, 3.05) is 0 Å². The van der Waals surface area contributed by atoms with Crippen molar-refractivity contribution in [3.63, 3.8) is 0 Å². The molecule has 0 bridgehead atoms. The van der Waals surface area contributed by atoms with Crippen LogP contribution < -0.4 is 0 Å². The summed E-state index contributed by atoms with van der Waals surface area (Å²) in [7, 11) is 0. The van der Waals surface area contributed by atoms with E-state index >= 15 is 0 Å². The molecule has 0 atom stereocenters. The van der Waals surface area contributed by atoms with Gasteiger partial charge in [-0.3, -0.25) is 9.89 Å². The summed E-state index contributed by atoms with van der Waals surface area (Å²) in [5.74, 6) is 0. The van der Waals surface area contributed by atoms with E-state index in [1.54, 1.807) is 18.5 Å². The van der Waals surface area contributed by atoms with Crippen LogP contribution in [0.1, 0.15) is 10.5 Å². The first-order chi connectivity index (χ1) is 7.86. The molecule has 0 spiro atoms. The molecule has 0 fully saturated rings. The minimum absolute atomic E-state index is 0.534. The highest BCUT2D eigenvalue weighted by atomic mass is 16.1. The smallest absolute Gasteiger partial charge is 0.166 e. The lowest BCUT2D eigenvalue weighted by Crippen LogP contribution is -1.82. The maximum Gasteiger partial charge on any atom is 0.166 e. The molecule has 0 aliphatic carbocycles. The van der Waals surface area contributed by atoms with Gasteiger partial charge in [-0.25, -0.2) is 4.98 Å². The molecule has 78 valence electrons. The van der Waals surface area contributed by atoms with Crippen LogP contribution in [0.5, 0.6) is 0 Å². The van der Waals surface area contributed by atoms with Crippen LogP contribution in [-0.2, 0) is 0 Å². The van der Waals surface area contributed by atoms with Gasteiger partial charge in [-0.05, 0) is 18.2 Å². The zero-order chi connectivity index (χ0) is 11.0. The highest BCUT2D eigenvalue weighted by Gasteiger charge is 2.04. The van der Waals surface area contributed by atoms with Crippen LogP contribution in [0.4, 0.5) is 0 Å². The zero-order valence-electron chi connectivity index (χ0n) is 8.27. The SMILES string of the molecule is O=Cc1cc2ccc(-c3cn[nH]c3)nc2[nH]1. The van der Waals surface area contributed by atoms with Gasteiger partial charge in [0.25, 0.3) is 0 Å². The number of H-pyrrole nitrogens is 2. The normalized spacial score (nSPS) is 10.8. The predicted octanol–water partition coefficient (Wildman–Crippen LogP) is 1.77. The van der Waals surface area contributed by atoms with Crippen LogP contribution >= 0.6 is 0 Å². The lowest BCUT2D eigenvalue weighted by Gasteiger charge is -1.95. The molecular weight excluding hydrogens is 204 g/mol. The first kappa shape index (κ1) is 8.84. The molecule has 0 radical (unpaired) electrons. The van der Waals surface area contributed by atoms with E-state index in [2.05, 4.69) is 20.2 Å². The van der Waals surface area contributed by atoms with Crippen molar-refractivity contribution in [1.82, 2.24) is 20.2 Å². The van der Waals surface area contributed by atoms with Gasteiger partial charge in [-0.15, -0.1) is 0 Å². The van der Waals surface area contributed by atoms with E-state index < -0.39 is 0 Å². The Morgan fingerprint density at radius 1 is 1.31 bits per heavy atom. The molecule has 16 heavy (non-hydrogen) atoms. The third-order valence-corrected chi connectivity index (χ3v) is 2.42. The summed E-state index contributed by atoms with van der Waals surface area (Å²) in [4.78, 5) is 18.0. The van der Waals surface area contributed by atoms with Crippen LogP contribution in [0.15, 0.2) is 30.6 Å². The van der Waals surface area contributed by atoms with Crippen molar-refractivity contribution in [1.29, 1.82) is 0 Å². The summed E-state index contributed by atoms with van der Waals surface area (Å²) < 4.78 is 0. The number of hydrogen-bond acceptors (Lipinski definition) is 3. The van der Waals surface area contributed by atoms with E-state index in [1.807, 2.05) is 12.1 Å². The molecule has 2 N–H and O–H groups in total. The van der Waals surface area contributed by atoms with Crippen LogP contribution in [-0.4, -0.2) is 26.5 Å². The largest absolute Gasteiger partial charge is 0.337 e. The number of aromatic amines is 2. The van der Waals surface area contributed by atoms with E-state index in [-0.39, 0.29) is 0 Å². The average molecular weight is 212 g/mol. The summed E-state index contributed by atoms with van der Waals surface area (Å²) in [5, 5.41) is 7.53. The third kappa shape index (κ3) is 1.30. The summed E-state index contributed by atoms with van der Waals surface area (Å²) in [6.07, 6.45) is 4.26. The van der Waals surface area contributed by atoms with Crippen LogP contribution in [0.3, 0.4) is 0 Å². The molecule has 0 aromatic carbocycles. The molecule has 0 saturated carbocycles. The Kier molecular flexibility index (Phi) is 1.83. The Morgan fingerprint density at radius 3 is 3.00 bits per heavy atom. The highest BCUT2D eigenvalue weighted by molar-refractivity contribution is 5.86. The molecule has 0 saturated heterocycles. The quantitative estimate of drug-likeness (QED) is 0.635. The van der Waals surface area contributed by atoms with Gasteiger partial charge in [0.1, 0.15) is 5.65 Å². The number of hydrogen-bond donors (Lipinski definition) is 2.